The Bertz CT molecular complexity index is 1240. The van der Waals surface area contributed by atoms with E-state index in [2.05, 4.69) is 12.1 Å². The van der Waals surface area contributed by atoms with Crippen molar-refractivity contribution in [3.8, 4) is 0 Å². The third-order valence-corrected chi connectivity index (χ3v) is 6.54. The third kappa shape index (κ3) is 4.23. The number of hydrogen-bond acceptors (Lipinski definition) is 5. The van der Waals surface area contributed by atoms with Crippen molar-refractivity contribution in [1.82, 2.24) is 0 Å². The maximum absolute atomic E-state index is 13.7. The minimum Gasteiger partial charge on any atom is -0.457 e. The minimum absolute atomic E-state index is 0.180. The molecule has 0 saturated carbocycles. The molecule has 0 amide bonds. The van der Waals surface area contributed by atoms with E-state index in [0.29, 0.717) is 11.1 Å². The fourth-order valence-corrected chi connectivity index (χ4v) is 5.47. The molecule has 2 heterocycles. The average molecular weight is 473 g/mol. The van der Waals surface area contributed by atoms with Crippen LogP contribution in [-0.2, 0) is 23.8 Å². The predicted octanol–water partition coefficient (Wildman–Crippen LogP) is 6.12. The van der Waals surface area contributed by atoms with E-state index < -0.39 is 23.1 Å². The van der Waals surface area contributed by atoms with Gasteiger partial charge in [0, 0.05) is 11.8 Å². The van der Waals surface area contributed by atoms with Crippen molar-refractivity contribution in [2.24, 2.45) is 11.8 Å². The molecule has 2 bridgehead atoms. The van der Waals surface area contributed by atoms with Crippen LogP contribution in [0.25, 0.3) is 6.08 Å². The molecule has 1 aliphatic carbocycles. The highest BCUT2D eigenvalue weighted by molar-refractivity contribution is 6.07. The van der Waals surface area contributed by atoms with Gasteiger partial charge in [0.05, 0.1) is 23.4 Å². The lowest BCUT2D eigenvalue weighted by molar-refractivity contribution is -0.153. The lowest BCUT2D eigenvalue weighted by atomic mass is 9.74. The molecule has 0 spiro atoms. The zero-order valence-electron chi connectivity index (χ0n) is 21.1. The predicted molar refractivity (Wildman–Crippen MR) is 133 cm³/mol. The SMILES string of the molecule is CC(C)(C)OC(=O)C1=C(C(=O)OC(C)(C)C)[C@H]2[C@@H](/C1=C\c1ccccc1)[C@H]1O[C@@H]2c2ccccc21. The summed E-state index contributed by atoms with van der Waals surface area (Å²) in [4.78, 5) is 27.4. The van der Waals surface area contributed by atoms with E-state index in [-0.39, 0.29) is 24.0 Å². The van der Waals surface area contributed by atoms with E-state index in [9.17, 15) is 9.59 Å². The van der Waals surface area contributed by atoms with Crippen molar-refractivity contribution in [2.45, 2.75) is 65.0 Å². The summed E-state index contributed by atoms with van der Waals surface area (Å²) < 4.78 is 18.2. The molecule has 5 rings (SSSR count). The number of carbonyl (C=O) groups is 2. The second-order valence-electron chi connectivity index (χ2n) is 11.5. The summed E-state index contributed by atoms with van der Waals surface area (Å²) in [6, 6.07) is 18.0. The summed E-state index contributed by atoms with van der Waals surface area (Å²) in [5.41, 5.74) is 3.18. The first-order valence-electron chi connectivity index (χ1n) is 12.2. The Labute approximate surface area is 206 Å². The van der Waals surface area contributed by atoms with E-state index in [1.54, 1.807) is 0 Å². The summed E-state index contributed by atoms with van der Waals surface area (Å²) in [6.45, 7) is 11.0. The van der Waals surface area contributed by atoms with Gasteiger partial charge < -0.3 is 14.2 Å². The number of rotatable bonds is 3. The van der Waals surface area contributed by atoms with Crippen LogP contribution in [0.1, 0.15) is 70.4 Å². The summed E-state index contributed by atoms with van der Waals surface area (Å²) in [5.74, 6) is -1.49. The standard InChI is InChI=1S/C30H32O5/c1-29(2,3)34-27(31)22-20(16-17-12-8-7-9-13-17)21-23(24(22)28(32)35-30(4,5)6)26-19-15-11-10-14-18(19)25(21)33-26/h7-16,21,23,25-26H,1-6H3/b20-16+/t21-,23-,25+,26-/m1/s1. The quantitative estimate of drug-likeness (QED) is 0.504. The van der Waals surface area contributed by atoms with Gasteiger partial charge in [-0.3, -0.25) is 0 Å². The molecular weight excluding hydrogens is 440 g/mol. The number of esters is 2. The average Bonchev–Trinajstić information content (AvgIpc) is 3.41. The second-order valence-corrected chi connectivity index (χ2v) is 11.5. The molecule has 3 aliphatic rings. The van der Waals surface area contributed by atoms with Gasteiger partial charge in [-0.1, -0.05) is 60.7 Å². The molecule has 1 saturated heterocycles. The molecule has 2 aromatic carbocycles. The Morgan fingerprint density at radius 1 is 0.743 bits per heavy atom. The Kier molecular flexibility index (Phi) is 5.52. The number of benzene rings is 2. The highest BCUT2D eigenvalue weighted by atomic mass is 16.6. The Morgan fingerprint density at radius 3 is 1.83 bits per heavy atom. The van der Waals surface area contributed by atoms with Crippen LogP contribution in [0, 0.1) is 11.8 Å². The molecule has 1 fully saturated rings. The number of fused-ring (bicyclic) bond motifs is 8. The summed E-state index contributed by atoms with van der Waals surface area (Å²) >= 11 is 0. The molecule has 0 radical (unpaired) electrons. The smallest absolute Gasteiger partial charge is 0.339 e. The van der Waals surface area contributed by atoms with E-state index in [1.165, 1.54) is 0 Å². The van der Waals surface area contributed by atoms with Crippen molar-refractivity contribution in [2.75, 3.05) is 0 Å². The van der Waals surface area contributed by atoms with Crippen LogP contribution in [0.2, 0.25) is 0 Å². The van der Waals surface area contributed by atoms with Gasteiger partial charge in [0.15, 0.2) is 0 Å². The van der Waals surface area contributed by atoms with Crippen molar-refractivity contribution in [3.05, 3.63) is 88.0 Å². The van der Waals surface area contributed by atoms with Crippen molar-refractivity contribution in [3.63, 3.8) is 0 Å². The van der Waals surface area contributed by atoms with Crippen LogP contribution in [0.5, 0.6) is 0 Å². The third-order valence-electron chi connectivity index (χ3n) is 6.54. The first kappa shape index (κ1) is 23.6. The van der Waals surface area contributed by atoms with Crippen LogP contribution in [0.4, 0.5) is 0 Å². The number of carbonyl (C=O) groups excluding carboxylic acids is 2. The molecule has 0 unspecified atom stereocenters. The van der Waals surface area contributed by atoms with Crippen molar-refractivity contribution < 1.29 is 23.8 Å². The first-order chi connectivity index (χ1) is 16.4. The molecular formula is C30H32O5. The van der Waals surface area contributed by atoms with Gasteiger partial charge in [0.25, 0.3) is 0 Å². The van der Waals surface area contributed by atoms with Crippen LogP contribution >= 0.6 is 0 Å². The molecule has 35 heavy (non-hydrogen) atoms. The van der Waals surface area contributed by atoms with Crippen LogP contribution in [-0.4, -0.2) is 23.1 Å². The highest BCUT2D eigenvalue weighted by Crippen LogP contribution is 2.66. The van der Waals surface area contributed by atoms with Gasteiger partial charge in [0.1, 0.15) is 11.2 Å². The summed E-state index contributed by atoms with van der Waals surface area (Å²) in [5, 5.41) is 0. The van der Waals surface area contributed by atoms with Gasteiger partial charge in [-0.25, -0.2) is 9.59 Å². The maximum atomic E-state index is 13.7. The monoisotopic (exact) mass is 472 g/mol. The van der Waals surface area contributed by atoms with Crippen LogP contribution < -0.4 is 0 Å². The molecule has 5 heteroatoms. The normalized spacial score (nSPS) is 26.1. The molecule has 0 N–H and O–H groups in total. The van der Waals surface area contributed by atoms with Gasteiger partial charge >= 0.3 is 11.9 Å². The zero-order valence-corrected chi connectivity index (χ0v) is 21.1. The maximum Gasteiger partial charge on any atom is 0.339 e. The number of hydrogen-bond donors (Lipinski definition) is 0. The molecule has 2 aliphatic heterocycles. The van der Waals surface area contributed by atoms with Gasteiger partial charge in [0.2, 0.25) is 0 Å². The van der Waals surface area contributed by atoms with E-state index in [0.717, 1.165) is 22.3 Å². The molecule has 0 aromatic heterocycles. The van der Waals surface area contributed by atoms with Gasteiger partial charge in [-0.2, -0.15) is 0 Å². The summed E-state index contributed by atoms with van der Waals surface area (Å²) in [7, 11) is 0. The number of ether oxygens (including phenoxy) is 3. The van der Waals surface area contributed by atoms with E-state index in [4.69, 9.17) is 14.2 Å². The topological polar surface area (TPSA) is 61.8 Å². The first-order valence-corrected chi connectivity index (χ1v) is 12.2. The largest absolute Gasteiger partial charge is 0.457 e. The molecule has 182 valence electrons. The lowest BCUT2D eigenvalue weighted by Gasteiger charge is -2.27. The van der Waals surface area contributed by atoms with Crippen LogP contribution in [0.3, 0.4) is 0 Å². The van der Waals surface area contributed by atoms with E-state index >= 15 is 0 Å². The van der Waals surface area contributed by atoms with E-state index in [1.807, 2.05) is 90.1 Å². The van der Waals surface area contributed by atoms with Gasteiger partial charge in [-0.05, 0) is 63.8 Å². The summed E-state index contributed by atoms with van der Waals surface area (Å²) in [6.07, 6.45) is 1.44. The Hall–Kier alpha value is -3.18. The minimum atomic E-state index is -0.711. The Balaban J connectivity index is 1.73. The van der Waals surface area contributed by atoms with Crippen molar-refractivity contribution in [1.29, 1.82) is 0 Å². The van der Waals surface area contributed by atoms with Crippen molar-refractivity contribution >= 4 is 18.0 Å². The van der Waals surface area contributed by atoms with Gasteiger partial charge in [-0.15, -0.1) is 0 Å². The molecule has 2 aromatic rings. The highest BCUT2D eigenvalue weighted by Gasteiger charge is 2.61. The Morgan fingerprint density at radius 2 is 1.26 bits per heavy atom. The molecule has 5 nitrogen and oxygen atoms in total. The lowest BCUT2D eigenvalue weighted by Crippen LogP contribution is -2.30. The zero-order chi connectivity index (χ0) is 25.1. The fraction of sp³-hybridized carbons (Fsp3) is 0.400. The fourth-order valence-electron chi connectivity index (χ4n) is 5.47. The van der Waals surface area contributed by atoms with Crippen LogP contribution in [0.15, 0.2) is 71.3 Å². The molecule has 4 atom stereocenters. The second kappa shape index (κ2) is 8.20.